The lowest BCUT2D eigenvalue weighted by atomic mass is 10.2. The number of aromatic nitrogens is 5. The molecule has 4 rings (SSSR count). The van der Waals surface area contributed by atoms with E-state index in [0.29, 0.717) is 25.0 Å². The van der Waals surface area contributed by atoms with Gasteiger partial charge in [-0.05, 0) is 18.9 Å². The van der Waals surface area contributed by atoms with Gasteiger partial charge in [-0.1, -0.05) is 6.92 Å². The van der Waals surface area contributed by atoms with Crippen molar-refractivity contribution in [1.29, 1.82) is 0 Å². The van der Waals surface area contributed by atoms with E-state index in [0.717, 1.165) is 18.9 Å². The van der Waals surface area contributed by atoms with Crippen molar-refractivity contribution < 1.29 is 30.0 Å². The number of sulfone groups is 2. The number of pyridine rings is 1. The fourth-order valence-corrected chi connectivity index (χ4v) is 5.57. The summed E-state index contributed by atoms with van der Waals surface area (Å²) in [7, 11) is -7.79. The van der Waals surface area contributed by atoms with Crippen LogP contribution in [0.2, 0.25) is 0 Å². The van der Waals surface area contributed by atoms with Crippen LogP contribution in [-0.2, 0) is 39.7 Å². The topological polar surface area (TPSA) is 117 Å². The molecule has 0 radical (unpaired) electrons. The molecule has 31 heavy (non-hydrogen) atoms. The van der Waals surface area contributed by atoms with Crippen molar-refractivity contribution in [3.63, 3.8) is 0 Å². The van der Waals surface area contributed by atoms with E-state index >= 15 is 0 Å². The molecular weight excluding hydrogens is 459 g/mol. The maximum Gasteiger partial charge on any atom is 0.501 e. The van der Waals surface area contributed by atoms with Crippen molar-refractivity contribution in [3.05, 3.63) is 18.1 Å². The molecule has 0 N–H and O–H groups in total. The van der Waals surface area contributed by atoms with Crippen LogP contribution in [0.4, 0.5) is 13.2 Å². The number of hydrogen-bond donors (Lipinski definition) is 0. The van der Waals surface area contributed by atoms with Gasteiger partial charge in [0.05, 0.1) is 10.6 Å². The molecule has 0 atom stereocenters. The zero-order valence-electron chi connectivity index (χ0n) is 16.5. The number of rotatable bonds is 4. The van der Waals surface area contributed by atoms with Crippen LogP contribution in [0.15, 0.2) is 22.2 Å². The van der Waals surface area contributed by atoms with Crippen molar-refractivity contribution in [2.75, 3.05) is 5.75 Å². The van der Waals surface area contributed by atoms with Crippen LogP contribution in [0.5, 0.6) is 0 Å². The summed E-state index contributed by atoms with van der Waals surface area (Å²) in [6.07, 6.45) is 2.84. The summed E-state index contributed by atoms with van der Waals surface area (Å²) in [5.41, 5.74) is -5.42. The van der Waals surface area contributed by atoms with E-state index in [4.69, 9.17) is 0 Å². The van der Waals surface area contributed by atoms with Crippen molar-refractivity contribution in [1.82, 2.24) is 24.1 Å². The highest BCUT2D eigenvalue weighted by molar-refractivity contribution is 7.92. The Balaban J connectivity index is 1.96. The van der Waals surface area contributed by atoms with Crippen LogP contribution in [0.1, 0.15) is 25.6 Å². The predicted octanol–water partition coefficient (Wildman–Crippen LogP) is 2.26. The van der Waals surface area contributed by atoms with E-state index in [-0.39, 0.29) is 33.5 Å². The zero-order chi connectivity index (χ0) is 22.8. The third-order valence-electron chi connectivity index (χ3n) is 5.22. The summed E-state index contributed by atoms with van der Waals surface area (Å²) in [6, 6.07) is 0.776. The SMILES string of the molecule is CCS(=O)(=O)c1c(-c2nc3cc(S(=O)(=O)C(F)(F)F)cnc3n2C)nc2n1CCCC2. The molecule has 1 aliphatic heterocycles. The highest BCUT2D eigenvalue weighted by Crippen LogP contribution is 2.34. The van der Waals surface area contributed by atoms with Crippen molar-refractivity contribution >= 4 is 30.8 Å². The Morgan fingerprint density at radius 2 is 1.84 bits per heavy atom. The summed E-state index contributed by atoms with van der Waals surface area (Å²) in [4.78, 5) is 11.5. The normalized spacial score (nSPS) is 15.4. The van der Waals surface area contributed by atoms with Crippen molar-refractivity contribution in [2.45, 2.75) is 48.2 Å². The smallest absolute Gasteiger partial charge is 0.318 e. The quantitative estimate of drug-likeness (QED) is 0.566. The number of alkyl halides is 3. The van der Waals surface area contributed by atoms with Gasteiger partial charge in [-0.3, -0.25) is 0 Å². The Labute approximate surface area is 175 Å². The van der Waals surface area contributed by atoms with Crippen LogP contribution >= 0.6 is 0 Å². The lowest BCUT2D eigenvalue weighted by molar-refractivity contribution is -0.0436. The Hall–Kier alpha value is -2.48. The first-order chi connectivity index (χ1) is 14.4. The lowest BCUT2D eigenvalue weighted by Crippen LogP contribution is -2.23. The summed E-state index contributed by atoms with van der Waals surface area (Å²) in [5.74, 6) is 0.507. The second-order valence-corrected chi connectivity index (χ2v) is 11.3. The monoisotopic (exact) mass is 477 g/mol. The maximum absolute atomic E-state index is 12.9. The van der Waals surface area contributed by atoms with Crippen LogP contribution in [0.25, 0.3) is 22.7 Å². The molecule has 14 heteroatoms. The van der Waals surface area contributed by atoms with E-state index in [1.165, 1.54) is 18.5 Å². The molecule has 168 valence electrons. The van der Waals surface area contributed by atoms with Crippen molar-refractivity contribution in [2.24, 2.45) is 7.05 Å². The van der Waals surface area contributed by atoms with Gasteiger partial charge in [-0.25, -0.2) is 31.8 Å². The van der Waals surface area contributed by atoms with Crippen LogP contribution in [-0.4, -0.2) is 52.2 Å². The second kappa shape index (κ2) is 7.02. The van der Waals surface area contributed by atoms with E-state index in [1.54, 1.807) is 4.57 Å². The van der Waals surface area contributed by atoms with Crippen LogP contribution < -0.4 is 0 Å². The number of halogens is 3. The minimum atomic E-state index is -5.60. The molecule has 3 aromatic rings. The van der Waals surface area contributed by atoms with Gasteiger partial charge in [0.1, 0.15) is 17.0 Å². The molecule has 1 aliphatic rings. The minimum absolute atomic E-state index is 0.00578. The zero-order valence-corrected chi connectivity index (χ0v) is 18.1. The summed E-state index contributed by atoms with van der Waals surface area (Å²) in [5, 5.41) is 0.00578. The van der Waals surface area contributed by atoms with E-state index in [1.807, 2.05) is 0 Å². The largest absolute Gasteiger partial charge is 0.501 e. The molecule has 4 heterocycles. The Bertz CT molecular complexity index is 1410. The average Bonchev–Trinajstić information content (AvgIpc) is 3.25. The minimum Gasteiger partial charge on any atom is -0.318 e. The number of fused-ring (bicyclic) bond motifs is 2. The lowest BCUT2D eigenvalue weighted by Gasteiger charge is -2.16. The van der Waals surface area contributed by atoms with Crippen molar-refractivity contribution in [3.8, 4) is 11.5 Å². The van der Waals surface area contributed by atoms with E-state index in [2.05, 4.69) is 15.0 Å². The molecule has 3 aromatic heterocycles. The molecule has 9 nitrogen and oxygen atoms in total. The Kier molecular flexibility index (Phi) is 4.92. The number of hydrogen-bond acceptors (Lipinski definition) is 7. The summed E-state index contributed by atoms with van der Waals surface area (Å²) < 4.78 is 90.8. The fourth-order valence-electron chi connectivity index (χ4n) is 3.60. The molecule has 0 aliphatic carbocycles. The Morgan fingerprint density at radius 1 is 1.13 bits per heavy atom. The molecule has 0 saturated carbocycles. The van der Waals surface area contributed by atoms with Gasteiger partial charge in [-0.2, -0.15) is 13.2 Å². The third-order valence-corrected chi connectivity index (χ3v) is 8.43. The maximum atomic E-state index is 12.9. The predicted molar refractivity (Wildman–Crippen MR) is 104 cm³/mol. The molecule has 0 fully saturated rings. The number of nitrogens with zero attached hydrogens (tertiary/aromatic N) is 5. The van der Waals surface area contributed by atoms with E-state index in [9.17, 15) is 30.0 Å². The molecule has 0 aromatic carbocycles. The van der Waals surface area contributed by atoms with E-state index < -0.39 is 30.1 Å². The second-order valence-electron chi connectivity index (χ2n) is 7.15. The molecule has 0 amide bonds. The standard InChI is InChI=1S/C17H18F3N5O4S2/c1-3-30(26,27)16-13(23-12-6-4-5-7-25(12)16)15-22-11-8-10(9-21-14(11)24(15)2)31(28,29)17(18,19)20/h8-9H,3-7H2,1-2H3. The molecule has 0 spiro atoms. The highest BCUT2D eigenvalue weighted by Gasteiger charge is 2.47. The van der Waals surface area contributed by atoms with Gasteiger partial charge < -0.3 is 9.13 Å². The average molecular weight is 477 g/mol. The molecule has 0 saturated heterocycles. The van der Waals surface area contributed by atoms with Gasteiger partial charge >= 0.3 is 5.51 Å². The number of imidazole rings is 2. The van der Waals surface area contributed by atoms with Gasteiger partial charge in [0, 0.05) is 26.2 Å². The third kappa shape index (κ3) is 3.32. The Morgan fingerprint density at radius 3 is 2.48 bits per heavy atom. The molecule has 0 unspecified atom stereocenters. The first-order valence-electron chi connectivity index (χ1n) is 9.35. The molecule has 0 bridgehead atoms. The van der Waals surface area contributed by atoms with Crippen LogP contribution in [0, 0.1) is 0 Å². The van der Waals surface area contributed by atoms with Gasteiger partial charge in [-0.15, -0.1) is 0 Å². The number of aryl methyl sites for hydroxylation is 2. The van der Waals surface area contributed by atoms with Gasteiger partial charge in [0.25, 0.3) is 9.84 Å². The first kappa shape index (κ1) is 21.7. The summed E-state index contributed by atoms with van der Waals surface area (Å²) >= 11 is 0. The van der Waals surface area contributed by atoms with Gasteiger partial charge in [0.15, 0.2) is 26.3 Å². The first-order valence-corrected chi connectivity index (χ1v) is 12.5. The summed E-state index contributed by atoms with van der Waals surface area (Å²) in [6.45, 7) is 1.99. The van der Waals surface area contributed by atoms with Crippen LogP contribution in [0.3, 0.4) is 0 Å². The fraction of sp³-hybridized carbons (Fsp3) is 0.471. The molecular formula is C17H18F3N5O4S2. The van der Waals surface area contributed by atoms with Gasteiger partial charge in [0.2, 0.25) is 0 Å². The highest BCUT2D eigenvalue weighted by atomic mass is 32.2.